The van der Waals surface area contributed by atoms with E-state index in [1.165, 1.54) is 0 Å². The molecular formula is C8H10N2O. The Morgan fingerprint density at radius 2 is 2.18 bits per heavy atom. The molecule has 0 heterocycles. The fraction of sp³-hybridized carbons (Fsp3) is 0.375. The molecule has 1 aliphatic rings. The molecule has 0 bridgehead atoms. The monoisotopic (exact) mass is 150 g/mol. The van der Waals surface area contributed by atoms with Gasteiger partial charge in [0.2, 0.25) is 0 Å². The van der Waals surface area contributed by atoms with Crippen LogP contribution in [0.3, 0.4) is 0 Å². The Hall–Kier alpha value is -1.34. The Labute approximate surface area is 65.3 Å². The van der Waals surface area contributed by atoms with Crippen LogP contribution in [-0.2, 0) is 0 Å². The van der Waals surface area contributed by atoms with Crippen LogP contribution in [0.4, 0.5) is 0 Å². The summed E-state index contributed by atoms with van der Waals surface area (Å²) >= 11 is 0. The van der Waals surface area contributed by atoms with Crippen molar-refractivity contribution in [2.45, 2.75) is 20.3 Å². The number of hydrogen-bond acceptors (Lipinski definition) is 1. The van der Waals surface area contributed by atoms with Crippen molar-refractivity contribution in [3.05, 3.63) is 28.5 Å². The largest absolute Gasteiger partial charge is 0.508 e. The minimum atomic E-state index is 0.317. The highest BCUT2D eigenvalue weighted by Gasteiger charge is 2.17. The van der Waals surface area contributed by atoms with Gasteiger partial charge in [0, 0.05) is 6.08 Å². The summed E-state index contributed by atoms with van der Waals surface area (Å²) in [5.41, 5.74) is 10.6. The molecule has 0 aliphatic heterocycles. The molecule has 0 spiro atoms. The van der Waals surface area contributed by atoms with Crippen LogP contribution in [0.2, 0.25) is 0 Å². The van der Waals surface area contributed by atoms with Crippen LogP contribution in [0.15, 0.2) is 23.0 Å². The zero-order valence-corrected chi connectivity index (χ0v) is 6.63. The summed E-state index contributed by atoms with van der Waals surface area (Å²) in [5, 5.41) is 9.33. The van der Waals surface area contributed by atoms with Gasteiger partial charge >= 0.3 is 0 Å². The number of nitrogens with zero attached hydrogens (tertiary/aromatic N) is 2. The van der Waals surface area contributed by atoms with Crippen molar-refractivity contribution in [1.29, 1.82) is 0 Å². The van der Waals surface area contributed by atoms with E-state index >= 15 is 0 Å². The van der Waals surface area contributed by atoms with Crippen molar-refractivity contribution in [2.24, 2.45) is 0 Å². The van der Waals surface area contributed by atoms with Gasteiger partial charge in [0.1, 0.15) is 5.76 Å². The predicted molar refractivity (Wildman–Crippen MR) is 42.3 cm³/mol. The molecule has 0 atom stereocenters. The van der Waals surface area contributed by atoms with Gasteiger partial charge in [-0.25, -0.2) is 0 Å². The lowest BCUT2D eigenvalue weighted by molar-refractivity contribution is -0.00583. The molecule has 1 aliphatic carbocycles. The normalized spacial score (nSPS) is 18.0. The smallest absolute Gasteiger partial charge is 0.296 e. The van der Waals surface area contributed by atoms with Crippen molar-refractivity contribution >= 4 is 5.71 Å². The molecule has 0 fully saturated rings. The van der Waals surface area contributed by atoms with E-state index in [4.69, 9.17) is 5.53 Å². The van der Waals surface area contributed by atoms with Gasteiger partial charge in [-0.1, -0.05) is 0 Å². The SMILES string of the molecule is CC1=CC(=[N+]=[N-])CC(C)=C1O. The van der Waals surface area contributed by atoms with Gasteiger partial charge in [0.25, 0.3) is 5.71 Å². The fourth-order valence-electron chi connectivity index (χ4n) is 1.13. The molecule has 11 heavy (non-hydrogen) atoms. The standard InChI is InChI=1S/C8H10N2O/c1-5-3-7(10-9)4-6(2)8(5)11/h3,11H,4H2,1-2H3. The second kappa shape index (κ2) is 2.72. The van der Waals surface area contributed by atoms with E-state index < -0.39 is 0 Å². The molecule has 58 valence electrons. The average molecular weight is 150 g/mol. The third-order valence-electron chi connectivity index (χ3n) is 1.74. The molecule has 0 unspecified atom stereocenters. The molecule has 3 heteroatoms. The van der Waals surface area contributed by atoms with Gasteiger partial charge in [-0.2, -0.15) is 4.79 Å². The summed E-state index contributed by atoms with van der Waals surface area (Å²) in [5.74, 6) is 0.317. The summed E-state index contributed by atoms with van der Waals surface area (Å²) in [6, 6.07) is 0. The van der Waals surface area contributed by atoms with Crippen LogP contribution in [0.25, 0.3) is 5.53 Å². The number of aliphatic hydroxyl groups is 1. The maximum absolute atomic E-state index is 9.33. The molecule has 0 aromatic carbocycles. The van der Waals surface area contributed by atoms with Gasteiger partial charge in [0.15, 0.2) is 0 Å². The number of aliphatic hydroxyl groups excluding tert-OH is 1. The third kappa shape index (κ3) is 1.38. The maximum atomic E-state index is 9.33. The highest BCUT2D eigenvalue weighted by Crippen LogP contribution is 2.19. The molecular weight excluding hydrogens is 140 g/mol. The summed E-state index contributed by atoms with van der Waals surface area (Å²) in [6.45, 7) is 3.60. The maximum Gasteiger partial charge on any atom is 0.296 e. The lowest BCUT2D eigenvalue weighted by atomic mass is 9.98. The molecule has 1 N–H and O–H groups in total. The first-order valence-corrected chi connectivity index (χ1v) is 3.43. The van der Waals surface area contributed by atoms with E-state index in [2.05, 4.69) is 4.79 Å². The van der Waals surface area contributed by atoms with Crippen LogP contribution in [0.1, 0.15) is 20.3 Å². The van der Waals surface area contributed by atoms with Crippen LogP contribution < -0.4 is 0 Å². The summed E-state index contributed by atoms with van der Waals surface area (Å²) < 4.78 is 0. The Morgan fingerprint density at radius 3 is 2.64 bits per heavy atom. The zero-order valence-electron chi connectivity index (χ0n) is 6.63. The van der Waals surface area contributed by atoms with E-state index in [9.17, 15) is 5.11 Å². The van der Waals surface area contributed by atoms with Crippen molar-refractivity contribution in [1.82, 2.24) is 0 Å². The first kappa shape index (κ1) is 7.76. The zero-order chi connectivity index (χ0) is 8.43. The second-order valence-electron chi connectivity index (χ2n) is 2.72. The Balaban J connectivity index is 3.10. The molecule has 0 aromatic rings. The number of rotatable bonds is 0. The van der Waals surface area contributed by atoms with Crippen LogP contribution >= 0.6 is 0 Å². The molecule has 3 nitrogen and oxygen atoms in total. The minimum absolute atomic E-state index is 0.317. The van der Waals surface area contributed by atoms with Gasteiger partial charge in [-0.3, -0.25) is 0 Å². The lowest BCUT2D eigenvalue weighted by Gasteiger charge is -2.07. The lowest BCUT2D eigenvalue weighted by Crippen LogP contribution is -2.06. The number of hydrogen-bond donors (Lipinski definition) is 1. The molecule has 0 aromatic heterocycles. The molecule has 1 rings (SSSR count). The first-order chi connectivity index (χ1) is 5.15. The van der Waals surface area contributed by atoms with Gasteiger partial charge < -0.3 is 10.6 Å². The molecule has 0 saturated carbocycles. The Bertz CT molecular complexity index is 293. The van der Waals surface area contributed by atoms with Crippen molar-refractivity contribution < 1.29 is 9.90 Å². The van der Waals surface area contributed by atoms with E-state index in [1.807, 2.05) is 6.92 Å². The summed E-state index contributed by atoms with van der Waals surface area (Å²) in [7, 11) is 0. The van der Waals surface area contributed by atoms with Crippen LogP contribution in [0.5, 0.6) is 0 Å². The quantitative estimate of drug-likeness (QED) is 0.415. The molecule has 0 saturated heterocycles. The number of allylic oxidation sites excluding steroid dienone is 3. The fourth-order valence-corrected chi connectivity index (χ4v) is 1.13. The second-order valence-corrected chi connectivity index (χ2v) is 2.72. The average Bonchev–Trinajstić information content (AvgIpc) is 1.99. The van der Waals surface area contributed by atoms with Gasteiger partial charge in [-0.15, -0.1) is 0 Å². The van der Waals surface area contributed by atoms with E-state index in [0.717, 1.165) is 11.1 Å². The highest BCUT2D eigenvalue weighted by molar-refractivity contribution is 5.94. The topological polar surface area (TPSA) is 56.6 Å². The summed E-state index contributed by atoms with van der Waals surface area (Å²) in [6.07, 6.45) is 2.20. The van der Waals surface area contributed by atoms with Gasteiger partial charge in [0.05, 0.1) is 6.42 Å². The van der Waals surface area contributed by atoms with Crippen LogP contribution in [-0.4, -0.2) is 15.6 Å². The van der Waals surface area contributed by atoms with Crippen molar-refractivity contribution in [3.8, 4) is 0 Å². The van der Waals surface area contributed by atoms with E-state index in [-0.39, 0.29) is 0 Å². The van der Waals surface area contributed by atoms with E-state index in [1.54, 1.807) is 13.0 Å². The predicted octanol–water partition coefficient (Wildman–Crippen LogP) is 1.84. The Morgan fingerprint density at radius 1 is 1.55 bits per heavy atom. The third-order valence-corrected chi connectivity index (χ3v) is 1.74. The van der Waals surface area contributed by atoms with Crippen LogP contribution in [0, 0.1) is 0 Å². The van der Waals surface area contributed by atoms with Crippen molar-refractivity contribution in [2.75, 3.05) is 0 Å². The first-order valence-electron chi connectivity index (χ1n) is 3.43. The van der Waals surface area contributed by atoms with Crippen molar-refractivity contribution in [3.63, 3.8) is 0 Å². The van der Waals surface area contributed by atoms with Gasteiger partial charge in [-0.05, 0) is 25.0 Å². The highest BCUT2D eigenvalue weighted by atomic mass is 16.3. The Kier molecular flexibility index (Phi) is 1.92. The summed E-state index contributed by atoms with van der Waals surface area (Å²) in [4.78, 5) is 3.08. The minimum Gasteiger partial charge on any atom is -0.508 e. The van der Waals surface area contributed by atoms with E-state index in [0.29, 0.717) is 17.9 Å². The molecule has 0 amide bonds. The molecule has 0 radical (unpaired) electrons.